The zero-order chi connectivity index (χ0) is 20.2. The standard InChI is InChI=1S/C24H22N2O3/c27-23(21-8-4-5-9-22(21)24(28)29)26-16-14-25(15-17-26)20-12-10-19(11-13-20)18-6-2-1-3-7-18/h1-13H,14-17H2,(H,28,29). The van der Waals surface area contributed by atoms with E-state index < -0.39 is 5.97 Å². The number of anilines is 1. The van der Waals surface area contributed by atoms with Crippen molar-refractivity contribution >= 4 is 17.6 Å². The summed E-state index contributed by atoms with van der Waals surface area (Å²) >= 11 is 0. The number of benzene rings is 3. The maximum Gasteiger partial charge on any atom is 0.336 e. The minimum Gasteiger partial charge on any atom is -0.478 e. The van der Waals surface area contributed by atoms with E-state index in [1.807, 2.05) is 18.2 Å². The molecule has 29 heavy (non-hydrogen) atoms. The van der Waals surface area contributed by atoms with Crippen LogP contribution >= 0.6 is 0 Å². The van der Waals surface area contributed by atoms with E-state index in [4.69, 9.17) is 0 Å². The zero-order valence-corrected chi connectivity index (χ0v) is 16.0. The number of carbonyl (C=O) groups excluding carboxylic acids is 1. The summed E-state index contributed by atoms with van der Waals surface area (Å²) in [6, 6.07) is 25.1. The number of nitrogens with zero attached hydrogens (tertiary/aromatic N) is 2. The Morgan fingerprint density at radius 2 is 1.21 bits per heavy atom. The number of rotatable bonds is 4. The summed E-state index contributed by atoms with van der Waals surface area (Å²) in [6.07, 6.45) is 0. The number of hydrogen-bond donors (Lipinski definition) is 1. The highest BCUT2D eigenvalue weighted by Crippen LogP contribution is 2.24. The van der Waals surface area contributed by atoms with Crippen LogP contribution in [-0.4, -0.2) is 48.1 Å². The molecule has 0 spiro atoms. The second kappa shape index (κ2) is 8.19. The van der Waals surface area contributed by atoms with Gasteiger partial charge in [-0.2, -0.15) is 0 Å². The first-order chi connectivity index (χ1) is 14.1. The molecule has 5 heteroatoms. The van der Waals surface area contributed by atoms with E-state index in [1.165, 1.54) is 17.2 Å². The Labute approximate surface area is 169 Å². The van der Waals surface area contributed by atoms with Gasteiger partial charge in [0.15, 0.2) is 0 Å². The molecule has 0 aromatic heterocycles. The fourth-order valence-electron chi connectivity index (χ4n) is 3.69. The fraction of sp³-hybridized carbons (Fsp3) is 0.167. The van der Waals surface area contributed by atoms with E-state index >= 15 is 0 Å². The third-order valence-corrected chi connectivity index (χ3v) is 5.29. The van der Waals surface area contributed by atoms with E-state index in [0.29, 0.717) is 26.2 Å². The molecule has 1 saturated heterocycles. The number of amides is 1. The van der Waals surface area contributed by atoms with Crippen molar-refractivity contribution in [3.8, 4) is 11.1 Å². The Bertz CT molecular complexity index is 1010. The van der Waals surface area contributed by atoms with Crippen molar-refractivity contribution in [2.45, 2.75) is 0 Å². The van der Waals surface area contributed by atoms with Crippen LogP contribution in [-0.2, 0) is 0 Å². The number of carboxylic acids is 1. The van der Waals surface area contributed by atoms with Gasteiger partial charge in [0.05, 0.1) is 11.1 Å². The first-order valence-electron chi connectivity index (χ1n) is 9.65. The highest BCUT2D eigenvalue weighted by Gasteiger charge is 2.25. The van der Waals surface area contributed by atoms with Crippen molar-refractivity contribution in [3.63, 3.8) is 0 Å². The molecule has 1 amide bonds. The number of carboxylic acid groups (broad SMARTS) is 1. The van der Waals surface area contributed by atoms with Crippen molar-refractivity contribution in [2.24, 2.45) is 0 Å². The summed E-state index contributed by atoms with van der Waals surface area (Å²) in [5, 5.41) is 9.33. The second-order valence-corrected chi connectivity index (χ2v) is 7.04. The maximum atomic E-state index is 12.8. The normalized spacial score (nSPS) is 13.9. The van der Waals surface area contributed by atoms with Crippen LogP contribution in [0.25, 0.3) is 11.1 Å². The van der Waals surface area contributed by atoms with Gasteiger partial charge in [0.1, 0.15) is 0 Å². The molecule has 1 aliphatic rings. The summed E-state index contributed by atoms with van der Waals surface area (Å²) in [5.74, 6) is -1.30. The second-order valence-electron chi connectivity index (χ2n) is 7.04. The lowest BCUT2D eigenvalue weighted by atomic mass is 10.0. The van der Waals surface area contributed by atoms with Gasteiger partial charge in [-0.25, -0.2) is 4.79 Å². The molecule has 0 aliphatic carbocycles. The topological polar surface area (TPSA) is 60.9 Å². The van der Waals surface area contributed by atoms with Crippen LogP contribution in [0.4, 0.5) is 5.69 Å². The summed E-state index contributed by atoms with van der Waals surface area (Å²) in [6.45, 7) is 2.55. The van der Waals surface area contributed by atoms with Gasteiger partial charge in [0.2, 0.25) is 0 Å². The van der Waals surface area contributed by atoms with Crippen molar-refractivity contribution in [3.05, 3.63) is 90.0 Å². The number of aromatic carboxylic acids is 1. The van der Waals surface area contributed by atoms with Crippen LogP contribution in [0.2, 0.25) is 0 Å². The predicted molar refractivity (Wildman–Crippen MR) is 113 cm³/mol. The number of piperazine rings is 1. The quantitative estimate of drug-likeness (QED) is 0.736. The van der Waals surface area contributed by atoms with Gasteiger partial charge < -0.3 is 14.9 Å². The van der Waals surface area contributed by atoms with Crippen LogP contribution in [0.5, 0.6) is 0 Å². The van der Waals surface area contributed by atoms with E-state index in [2.05, 4.69) is 41.3 Å². The summed E-state index contributed by atoms with van der Waals surface area (Å²) < 4.78 is 0. The molecule has 3 aromatic rings. The average molecular weight is 386 g/mol. The molecule has 1 heterocycles. The van der Waals surface area contributed by atoms with Crippen LogP contribution in [0.3, 0.4) is 0 Å². The fourth-order valence-corrected chi connectivity index (χ4v) is 3.69. The van der Waals surface area contributed by atoms with E-state index in [1.54, 1.807) is 23.1 Å². The SMILES string of the molecule is O=C(O)c1ccccc1C(=O)N1CCN(c2ccc(-c3ccccc3)cc2)CC1. The van der Waals surface area contributed by atoms with Crippen molar-refractivity contribution in [2.75, 3.05) is 31.1 Å². The Balaban J connectivity index is 1.42. The molecule has 4 rings (SSSR count). The van der Waals surface area contributed by atoms with Crippen LogP contribution in [0.15, 0.2) is 78.9 Å². The van der Waals surface area contributed by atoms with Gasteiger partial charge in [-0.05, 0) is 35.4 Å². The largest absolute Gasteiger partial charge is 0.478 e. The Morgan fingerprint density at radius 3 is 1.83 bits per heavy atom. The molecule has 0 radical (unpaired) electrons. The van der Waals surface area contributed by atoms with Gasteiger partial charge in [-0.1, -0.05) is 54.6 Å². The minimum absolute atomic E-state index is 0.0523. The lowest BCUT2D eigenvalue weighted by Crippen LogP contribution is -2.49. The summed E-state index contributed by atoms with van der Waals surface area (Å²) in [5.41, 5.74) is 3.79. The molecule has 0 atom stereocenters. The molecule has 0 unspecified atom stereocenters. The molecule has 0 bridgehead atoms. The first kappa shape index (κ1) is 18.7. The number of hydrogen-bond acceptors (Lipinski definition) is 3. The summed E-state index contributed by atoms with van der Waals surface area (Å²) in [4.78, 5) is 28.2. The van der Waals surface area contributed by atoms with Gasteiger partial charge in [-0.3, -0.25) is 4.79 Å². The predicted octanol–water partition coefficient (Wildman–Crippen LogP) is 4.01. The Morgan fingerprint density at radius 1 is 0.655 bits per heavy atom. The van der Waals surface area contributed by atoms with Gasteiger partial charge in [0.25, 0.3) is 5.91 Å². The van der Waals surface area contributed by atoms with Crippen LogP contribution < -0.4 is 4.90 Å². The molecule has 1 aliphatic heterocycles. The molecular formula is C24H22N2O3. The summed E-state index contributed by atoms with van der Waals surface area (Å²) in [7, 11) is 0. The van der Waals surface area contributed by atoms with E-state index in [0.717, 1.165) is 5.69 Å². The highest BCUT2D eigenvalue weighted by molar-refractivity contribution is 6.04. The average Bonchev–Trinajstić information content (AvgIpc) is 2.79. The smallest absolute Gasteiger partial charge is 0.336 e. The third kappa shape index (κ3) is 3.99. The molecule has 1 fully saturated rings. The lowest BCUT2D eigenvalue weighted by Gasteiger charge is -2.36. The van der Waals surface area contributed by atoms with Crippen molar-refractivity contribution in [1.82, 2.24) is 4.90 Å². The van der Waals surface area contributed by atoms with E-state index in [-0.39, 0.29) is 17.0 Å². The monoisotopic (exact) mass is 386 g/mol. The molecule has 146 valence electrons. The molecule has 0 saturated carbocycles. The first-order valence-corrected chi connectivity index (χ1v) is 9.65. The molecular weight excluding hydrogens is 364 g/mol. The van der Waals surface area contributed by atoms with Gasteiger partial charge in [0, 0.05) is 31.9 Å². The Hall–Kier alpha value is -3.60. The molecule has 3 aromatic carbocycles. The maximum absolute atomic E-state index is 12.8. The lowest BCUT2D eigenvalue weighted by molar-refractivity contribution is 0.0673. The number of carbonyl (C=O) groups is 2. The van der Waals surface area contributed by atoms with Crippen molar-refractivity contribution < 1.29 is 14.7 Å². The van der Waals surface area contributed by atoms with E-state index in [9.17, 15) is 14.7 Å². The van der Waals surface area contributed by atoms with Gasteiger partial charge in [-0.15, -0.1) is 0 Å². The zero-order valence-electron chi connectivity index (χ0n) is 16.0. The minimum atomic E-state index is -1.08. The third-order valence-electron chi connectivity index (χ3n) is 5.29. The van der Waals surface area contributed by atoms with Gasteiger partial charge >= 0.3 is 5.97 Å². The molecule has 1 N–H and O–H groups in total. The van der Waals surface area contributed by atoms with Crippen LogP contribution in [0.1, 0.15) is 20.7 Å². The van der Waals surface area contributed by atoms with Crippen molar-refractivity contribution in [1.29, 1.82) is 0 Å². The molecule has 5 nitrogen and oxygen atoms in total. The highest BCUT2D eigenvalue weighted by atomic mass is 16.4. The van der Waals surface area contributed by atoms with Crippen LogP contribution in [0, 0.1) is 0 Å². The Kier molecular flexibility index (Phi) is 5.29.